The maximum Gasteiger partial charge on any atom is 0.160 e. The Balaban J connectivity index is 2.10. The van der Waals surface area contributed by atoms with E-state index in [2.05, 4.69) is 29.5 Å². The van der Waals surface area contributed by atoms with Crippen molar-refractivity contribution in [1.82, 2.24) is 10.3 Å². The quantitative estimate of drug-likeness (QED) is 0.690. The van der Waals surface area contributed by atoms with Crippen molar-refractivity contribution < 1.29 is 9.74 Å². The van der Waals surface area contributed by atoms with E-state index >= 15 is 0 Å². The molecule has 0 amide bonds. The smallest absolute Gasteiger partial charge is 0.160 e. The van der Waals surface area contributed by atoms with Gasteiger partial charge in [-0.1, -0.05) is 26.7 Å². The summed E-state index contributed by atoms with van der Waals surface area (Å²) in [4.78, 5) is 0. The van der Waals surface area contributed by atoms with E-state index in [1.54, 1.807) is 6.07 Å². The number of aromatic nitrogens is 2. The molecular formula is C13H20N4O2. The number of nitrogens with zero attached hydrogens (tertiary/aromatic N) is 2. The van der Waals surface area contributed by atoms with Gasteiger partial charge in [0.05, 0.1) is 17.5 Å². The molecule has 0 saturated carbocycles. The summed E-state index contributed by atoms with van der Waals surface area (Å²) in [6, 6.07) is 3.57. The van der Waals surface area contributed by atoms with Crippen LogP contribution in [0.1, 0.15) is 26.7 Å². The minimum absolute atomic E-state index is 0.298. The molecule has 2 aromatic rings. The number of nitrogens with one attached hydrogen (secondary N) is 1. The molecule has 1 aromatic heterocycles. The second-order valence-corrected chi connectivity index (χ2v) is 4.69. The van der Waals surface area contributed by atoms with E-state index in [0.717, 1.165) is 18.5 Å². The van der Waals surface area contributed by atoms with E-state index in [4.69, 9.17) is 10.4 Å². The molecule has 4 N–H and O–H groups in total. The monoisotopic (exact) mass is 264 g/mol. The van der Waals surface area contributed by atoms with Crippen molar-refractivity contribution in [2.24, 2.45) is 5.92 Å². The molecule has 0 spiro atoms. The maximum absolute atomic E-state index is 10.1. The number of aliphatic hydroxyl groups excluding tert-OH is 1. The van der Waals surface area contributed by atoms with Gasteiger partial charge in [0.15, 0.2) is 11.0 Å². The Kier molecular flexibility index (Phi) is 4.21. The Labute approximate surface area is 111 Å². The highest BCUT2D eigenvalue weighted by Crippen LogP contribution is 2.25. The van der Waals surface area contributed by atoms with Gasteiger partial charge in [-0.15, -0.1) is 0 Å². The minimum atomic E-state index is -0.387. The summed E-state index contributed by atoms with van der Waals surface area (Å²) in [5.41, 5.74) is 8.22. The molecule has 0 radical (unpaired) electrons. The van der Waals surface area contributed by atoms with Gasteiger partial charge in [0.1, 0.15) is 0 Å². The van der Waals surface area contributed by atoms with Gasteiger partial charge in [-0.25, -0.2) is 4.63 Å². The molecule has 0 aliphatic carbocycles. The SMILES string of the molecule is CCC(CC)C(O)CNc1ccc(N)c2nonc12. The molecule has 0 bridgehead atoms. The third-order valence-electron chi connectivity index (χ3n) is 3.54. The fourth-order valence-electron chi connectivity index (χ4n) is 2.24. The van der Waals surface area contributed by atoms with Crippen LogP contribution < -0.4 is 11.1 Å². The number of rotatable bonds is 6. The van der Waals surface area contributed by atoms with Crippen molar-refractivity contribution in [3.8, 4) is 0 Å². The molecule has 1 unspecified atom stereocenters. The summed E-state index contributed by atoms with van der Waals surface area (Å²) in [5.74, 6) is 0.298. The van der Waals surface area contributed by atoms with E-state index in [0.29, 0.717) is 29.2 Å². The summed E-state index contributed by atoms with van der Waals surface area (Å²) in [5, 5.41) is 20.9. The number of fused-ring (bicyclic) bond motifs is 1. The van der Waals surface area contributed by atoms with E-state index in [9.17, 15) is 5.11 Å². The highest BCUT2D eigenvalue weighted by atomic mass is 16.6. The van der Waals surface area contributed by atoms with Gasteiger partial charge in [0, 0.05) is 6.54 Å². The second kappa shape index (κ2) is 5.88. The molecule has 19 heavy (non-hydrogen) atoms. The zero-order valence-electron chi connectivity index (χ0n) is 11.3. The highest BCUT2D eigenvalue weighted by molar-refractivity contribution is 5.94. The summed E-state index contributed by atoms with van der Waals surface area (Å²) < 4.78 is 4.70. The average Bonchev–Trinajstić information content (AvgIpc) is 2.90. The predicted octanol–water partition coefficient (Wildman–Crippen LogP) is 2.01. The summed E-state index contributed by atoms with van der Waals surface area (Å²) in [6.07, 6.45) is 1.53. The number of hydrogen-bond acceptors (Lipinski definition) is 6. The van der Waals surface area contributed by atoms with Crippen LogP contribution in [-0.4, -0.2) is 28.1 Å². The molecular weight excluding hydrogens is 244 g/mol. The molecule has 104 valence electrons. The van der Waals surface area contributed by atoms with Crippen LogP contribution in [-0.2, 0) is 0 Å². The fourth-order valence-corrected chi connectivity index (χ4v) is 2.24. The zero-order valence-corrected chi connectivity index (χ0v) is 11.3. The Hall–Kier alpha value is -1.82. The molecule has 0 saturated heterocycles. The van der Waals surface area contributed by atoms with Gasteiger partial charge < -0.3 is 16.2 Å². The van der Waals surface area contributed by atoms with Gasteiger partial charge in [-0.05, 0) is 28.4 Å². The van der Waals surface area contributed by atoms with Crippen molar-refractivity contribution in [2.75, 3.05) is 17.6 Å². The van der Waals surface area contributed by atoms with Crippen LogP contribution in [0.2, 0.25) is 0 Å². The molecule has 1 atom stereocenters. The fraction of sp³-hybridized carbons (Fsp3) is 0.538. The Morgan fingerprint density at radius 2 is 1.95 bits per heavy atom. The summed E-state index contributed by atoms with van der Waals surface area (Å²) in [6.45, 7) is 4.64. The Morgan fingerprint density at radius 3 is 2.63 bits per heavy atom. The number of nitrogen functional groups attached to an aromatic ring is 1. The highest BCUT2D eigenvalue weighted by Gasteiger charge is 2.16. The lowest BCUT2D eigenvalue weighted by atomic mass is 9.96. The molecule has 0 fully saturated rings. The average molecular weight is 264 g/mol. The van der Waals surface area contributed by atoms with Crippen LogP contribution >= 0.6 is 0 Å². The lowest BCUT2D eigenvalue weighted by Gasteiger charge is -2.20. The largest absolute Gasteiger partial charge is 0.397 e. The topological polar surface area (TPSA) is 97.2 Å². The first-order valence-corrected chi connectivity index (χ1v) is 6.60. The van der Waals surface area contributed by atoms with E-state index in [-0.39, 0.29) is 6.10 Å². The molecule has 1 heterocycles. The van der Waals surface area contributed by atoms with Crippen LogP contribution in [0.25, 0.3) is 11.0 Å². The molecule has 1 aromatic carbocycles. The number of hydrogen-bond donors (Lipinski definition) is 3. The van der Waals surface area contributed by atoms with Gasteiger partial charge in [0.25, 0.3) is 0 Å². The van der Waals surface area contributed by atoms with E-state index in [1.807, 2.05) is 6.07 Å². The Morgan fingerprint density at radius 1 is 1.26 bits per heavy atom. The number of benzene rings is 1. The minimum Gasteiger partial charge on any atom is -0.397 e. The van der Waals surface area contributed by atoms with Crippen molar-refractivity contribution >= 4 is 22.4 Å². The number of anilines is 2. The molecule has 0 aliphatic rings. The van der Waals surface area contributed by atoms with Crippen molar-refractivity contribution in [1.29, 1.82) is 0 Å². The standard InChI is InChI=1S/C13H20N4O2/c1-3-8(4-2)11(18)7-15-10-6-5-9(14)12-13(10)17-19-16-12/h5-6,8,11,15,18H,3-4,7,14H2,1-2H3. The second-order valence-electron chi connectivity index (χ2n) is 4.69. The van der Waals surface area contributed by atoms with Crippen molar-refractivity contribution in [3.05, 3.63) is 12.1 Å². The maximum atomic E-state index is 10.1. The lowest BCUT2D eigenvalue weighted by Crippen LogP contribution is -2.27. The summed E-state index contributed by atoms with van der Waals surface area (Å²) >= 11 is 0. The first kappa shape index (κ1) is 13.6. The predicted molar refractivity (Wildman–Crippen MR) is 74.8 cm³/mol. The zero-order chi connectivity index (χ0) is 13.8. The van der Waals surface area contributed by atoms with Crippen LogP contribution in [0.3, 0.4) is 0 Å². The van der Waals surface area contributed by atoms with E-state index in [1.165, 1.54) is 0 Å². The third-order valence-corrected chi connectivity index (χ3v) is 3.54. The first-order valence-electron chi connectivity index (χ1n) is 6.60. The van der Waals surface area contributed by atoms with Gasteiger partial charge in [-0.3, -0.25) is 0 Å². The summed E-state index contributed by atoms with van der Waals surface area (Å²) in [7, 11) is 0. The van der Waals surface area contributed by atoms with Gasteiger partial charge >= 0.3 is 0 Å². The number of nitrogens with two attached hydrogens (primary N) is 1. The Bertz CT molecular complexity index is 536. The third kappa shape index (κ3) is 2.78. The molecule has 2 rings (SSSR count). The van der Waals surface area contributed by atoms with Crippen LogP contribution in [0.4, 0.5) is 11.4 Å². The molecule has 0 aliphatic heterocycles. The molecule has 6 heteroatoms. The van der Waals surface area contributed by atoms with Crippen molar-refractivity contribution in [3.63, 3.8) is 0 Å². The van der Waals surface area contributed by atoms with Crippen LogP contribution in [0, 0.1) is 5.92 Å². The van der Waals surface area contributed by atoms with E-state index < -0.39 is 0 Å². The first-order chi connectivity index (χ1) is 9.17. The molecule has 6 nitrogen and oxygen atoms in total. The van der Waals surface area contributed by atoms with Crippen LogP contribution in [0.15, 0.2) is 16.8 Å². The normalized spacial score (nSPS) is 13.1. The van der Waals surface area contributed by atoms with Gasteiger partial charge in [0.2, 0.25) is 0 Å². The lowest BCUT2D eigenvalue weighted by molar-refractivity contribution is 0.114. The number of aliphatic hydroxyl groups is 1. The van der Waals surface area contributed by atoms with Crippen LogP contribution in [0.5, 0.6) is 0 Å². The van der Waals surface area contributed by atoms with Crippen molar-refractivity contribution in [2.45, 2.75) is 32.8 Å². The van der Waals surface area contributed by atoms with Gasteiger partial charge in [-0.2, -0.15) is 0 Å².